The van der Waals surface area contributed by atoms with Gasteiger partial charge in [-0.15, -0.1) is 0 Å². The molecule has 1 saturated carbocycles. The minimum atomic E-state index is -4.38. The first-order valence-corrected chi connectivity index (χ1v) is 9.62. The van der Waals surface area contributed by atoms with Gasteiger partial charge in [-0.2, -0.15) is 13.2 Å². The van der Waals surface area contributed by atoms with E-state index in [-0.39, 0.29) is 6.04 Å². The average molecular weight is 380 g/mol. The lowest BCUT2D eigenvalue weighted by Gasteiger charge is -2.35. The van der Waals surface area contributed by atoms with Gasteiger partial charge in [0, 0.05) is 24.2 Å². The van der Waals surface area contributed by atoms with Crippen LogP contribution < -0.4 is 5.73 Å². The van der Waals surface area contributed by atoms with Crippen LogP contribution >= 0.6 is 0 Å². The van der Waals surface area contributed by atoms with Crippen molar-refractivity contribution in [2.75, 3.05) is 6.54 Å². The van der Waals surface area contributed by atoms with Crippen LogP contribution in [0.5, 0.6) is 0 Å². The van der Waals surface area contributed by atoms with E-state index in [0.29, 0.717) is 23.5 Å². The van der Waals surface area contributed by atoms with Crippen LogP contribution in [0.4, 0.5) is 13.2 Å². The predicted molar refractivity (Wildman–Crippen MR) is 98.7 cm³/mol. The number of benzene rings is 1. The highest BCUT2D eigenvalue weighted by atomic mass is 19.4. The number of amides is 1. The van der Waals surface area contributed by atoms with E-state index in [2.05, 4.69) is 4.90 Å². The van der Waals surface area contributed by atoms with Crippen LogP contribution in [-0.4, -0.2) is 17.4 Å². The monoisotopic (exact) mass is 380 g/mol. The summed E-state index contributed by atoms with van der Waals surface area (Å²) in [7, 11) is 0. The molecule has 0 radical (unpaired) electrons. The molecule has 3 nitrogen and oxygen atoms in total. The second-order valence-electron chi connectivity index (χ2n) is 7.87. The zero-order valence-corrected chi connectivity index (χ0v) is 15.9. The van der Waals surface area contributed by atoms with Gasteiger partial charge in [0.15, 0.2) is 0 Å². The van der Waals surface area contributed by atoms with Crippen LogP contribution in [0.25, 0.3) is 0 Å². The first-order chi connectivity index (χ1) is 12.7. The Kier molecular flexibility index (Phi) is 5.54. The number of carbonyl (C=O) groups is 1. The standard InChI is InChI=1S/C21H27F3N2O/c1-13-8-9-16(21(22,23)24)10-17(13)19-11-18(20(25)27)14(2)26(19)12-15-6-4-3-5-7-15/h8-10,15,19H,3-7,11-12H2,1-2H3,(H2,25,27). The predicted octanol–water partition coefficient (Wildman–Crippen LogP) is 5.10. The van der Waals surface area contributed by atoms with E-state index in [1.54, 1.807) is 0 Å². The maximum absolute atomic E-state index is 13.2. The molecule has 1 amide bonds. The largest absolute Gasteiger partial charge is 0.416 e. The van der Waals surface area contributed by atoms with E-state index in [1.807, 2.05) is 13.8 Å². The van der Waals surface area contributed by atoms with Crippen molar-refractivity contribution < 1.29 is 18.0 Å². The van der Waals surface area contributed by atoms with E-state index in [1.165, 1.54) is 31.4 Å². The van der Waals surface area contributed by atoms with Gasteiger partial charge in [-0.25, -0.2) is 0 Å². The van der Waals surface area contributed by atoms with Crippen molar-refractivity contribution in [2.24, 2.45) is 11.7 Å². The molecule has 1 fully saturated rings. The number of hydrogen-bond acceptors (Lipinski definition) is 2. The number of hydrogen-bond donors (Lipinski definition) is 1. The van der Waals surface area contributed by atoms with Crippen LogP contribution in [0.3, 0.4) is 0 Å². The summed E-state index contributed by atoms with van der Waals surface area (Å²) in [5, 5.41) is 0. The molecule has 2 aliphatic rings. The molecule has 0 aromatic heterocycles. The highest BCUT2D eigenvalue weighted by molar-refractivity contribution is 5.93. The molecule has 6 heteroatoms. The van der Waals surface area contributed by atoms with Crippen molar-refractivity contribution in [2.45, 2.75) is 64.6 Å². The van der Waals surface area contributed by atoms with E-state index in [0.717, 1.165) is 36.7 Å². The van der Waals surface area contributed by atoms with Crippen molar-refractivity contribution in [3.05, 3.63) is 46.2 Å². The van der Waals surface area contributed by atoms with E-state index < -0.39 is 17.6 Å². The second kappa shape index (κ2) is 7.56. The van der Waals surface area contributed by atoms with Gasteiger partial charge in [0.25, 0.3) is 0 Å². The Morgan fingerprint density at radius 1 is 1.19 bits per heavy atom. The molecule has 1 aromatic carbocycles. The molecule has 0 bridgehead atoms. The fraction of sp³-hybridized carbons (Fsp3) is 0.571. The zero-order chi connectivity index (χ0) is 19.8. The van der Waals surface area contributed by atoms with E-state index in [9.17, 15) is 18.0 Å². The Labute approximate surface area is 158 Å². The van der Waals surface area contributed by atoms with Gasteiger partial charge >= 0.3 is 6.18 Å². The summed E-state index contributed by atoms with van der Waals surface area (Å²) in [5.74, 6) is 0.0304. The lowest BCUT2D eigenvalue weighted by Crippen LogP contribution is -2.30. The van der Waals surface area contributed by atoms with Crippen LogP contribution in [0.15, 0.2) is 29.5 Å². The minimum absolute atomic E-state index is 0.267. The van der Waals surface area contributed by atoms with Gasteiger partial charge in [0.2, 0.25) is 5.91 Å². The smallest absolute Gasteiger partial charge is 0.367 e. The average Bonchev–Trinajstić information content (AvgIpc) is 2.92. The number of primary amides is 1. The molecule has 148 valence electrons. The lowest BCUT2D eigenvalue weighted by molar-refractivity contribution is -0.137. The molecule has 1 unspecified atom stereocenters. The summed E-state index contributed by atoms with van der Waals surface area (Å²) >= 11 is 0. The summed E-state index contributed by atoms with van der Waals surface area (Å²) in [6.07, 6.45) is 1.87. The van der Waals surface area contributed by atoms with Gasteiger partial charge in [-0.05, 0) is 55.9 Å². The van der Waals surface area contributed by atoms with Crippen molar-refractivity contribution in [3.63, 3.8) is 0 Å². The summed E-state index contributed by atoms with van der Waals surface area (Å²) in [4.78, 5) is 14.0. The number of allylic oxidation sites excluding steroid dienone is 1. The Hall–Kier alpha value is -1.98. The fourth-order valence-corrected chi connectivity index (χ4v) is 4.50. The van der Waals surface area contributed by atoms with Crippen LogP contribution in [0.2, 0.25) is 0 Å². The summed E-state index contributed by atoms with van der Waals surface area (Å²) in [6.45, 7) is 4.46. The van der Waals surface area contributed by atoms with Crippen molar-refractivity contribution in [1.82, 2.24) is 4.90 Å². The molecule has 0 spiro atoms. The van der Waals surface area contributed by atoms with Gasteiger partial charge < -0.3 is 10.6 Å². The summed E-state index contributed by atoms with van der Waals surface area (Å²) in [6, 6.07) is 3.62. The molecule has 1 aliphatic carbocycles. The number of alkyl halides is 3. The third kappa shape index (κ3) is 4.14. The third-order valence-electron chi connectivity index (χ3n) is 6.08. The molecular formula is C21H27F3N2O. The Morgan fingerprint density at radius 3 is 2.44 bits per heavy atom. The SMILES string of the molecule is CC1=C(C(N)=O)CC(c2cc(C(F)(F)F)ccc2C)N1CC1CCCCC1. The molecular weight excluding hydrogens is 353 g/mol. The van der Waals surface area contributed by atoms with Gasteiger partial charge in [-0.1, -0.05) is 25.3 Å². The molecule has 0 saturated heterocycles. The second-order valence-corrected chi connectivity index (χ2v) is 7.87. The number of aryl methyl sites for hydroxylation is 1. The first kappa shape index (κ1) is 19.8. The van der Waals surface area contributed by atoms with Crippen LogP contribution in [-0.2, 0) is 11.0 Å². The van der Waals surface area contributed by atoms with Crippen LogP contribution in [0, 0.1) is 12.8 Å². The van der Waals surface area contributed by atoms with Gasteiger partial charge in [0.05, 0.1) is 11.6 Å². The maximum atomic E-state index is 13.2. The quantitative estimate of drug-likeness (QED) is 0.790. The Morgan fingerprint density at radius 2 is 1.85 bits per heavy atom. The minimum Gasteiger partial charge on any atom is -0.367 e. The van der Waals surface area contributed by atoms with Crippen molar-refractivity contribution in [3.8, 4) is 0 Å². The zero-order valence-electron chi connectivity index (χ0n) is 15.9. The molecule has 1 aromatic rings. The summed E-state index contributed by atoms with van der Waals surface area (Å²) in [5.41, 5.74) is 7.70. The highest BCUT2D eigenvalue weighted by Crippen LogP contribution is 2.43. The van der Waals surface area contributed by atoms with Crippen LogP contribution in [0.1, 0.15) is 68.2 Å². The van der Waals surface area contributed by atoms with Gasteiger partial charge in [-0.3, -0.25) is 4.79 Å². The number of halogens is 3. The molecule has 27 heavy (non-hydrogen) atoms. The molecule has 3 rings (SSSR count). The van der Waals surface area contributed by atoms with E-state index >= 15 is 0 Å². The summed E-state index contributed by atoms with van der Waals surface area (Å²) < 4.78 is 39.7. The van der Waals surface area contributed by atoms with Crippen molar-refractivity contribution >= 4 is 5.91 Å². The number of nitrogens with two attached hydrogens (primary N) is 1. The highest BCUT2D eigenvalue weighted by Gasteiger charge is 2.37. The molecule has 2 N–H and O–H groups in total. The fourth-order valence-electron chi connectivity index (χ4n) is 4.50. The van der Waals surface area contributed by atoms with Gasteiger partial charge in [0.1, 0.15) is 0 Å². The first-order valence-electron chi connectivity index (χ1n) is 9.62. The van der Waals surface area contributed by atoms with Crippen molar-refractivity contribution in [1.29, 1.82) is 0 Å². The molecule has 1 heterocycles. The molecule has 1 atom stereocenters. The normalized spacial score (nSPS) is 21.8. The Bertz CT molecular complexity index is 748. The number of nitrogens with zero attached hydrogens (tertiary/aromatic N) is 1. The molecule has 1 aliphatic heterocycles. The Balaban J connectivity index is 1.96. The topological polar surface area (TPSA) is 46.3 Å². The third-order valence-corrected chi connectivity index (χ3v) is 6.08. The number of carbonyl (C=O) groups excluding carboxylic acids is 1. The maximum Gasteiger partial charge on any atom is 0.416 e. The number of rotatable bonds is 4. The van der Waals surface area contributed by atoms with E-state index in [4.69, 9.17) is 5.73 Å². The lowest BCUT2D eigenvalue weighted by atomic mass is 9.88.